The van der Waals surface area contributed by atoms with Crippen molar-refractivity contribution in [2.45, 2.75) is 19.9 Å². The lowest BCUT2D eigenvalue weighted by molar-refractivity contribution is 0.415. The van der Waals surface area contributed by atoms with E-state index in [2.05, 4.69) is 29.7 Å². The van der Waals surface area contributed by atoms with Gasteiger partial charge in [0.2, 0.25) is 0 Å². The van der Waals surface area contributed by atoms with Crippen LogP contribution in [0.2, 0.25) is 0 Å². The Balaban J connectivity index is 2.45. The number of hydrogen-bond donors (Lipinski definition) is 1. The highest BCUT2D eigenvalue weighted by molar-refractivity contribution is 5.82. The van der Waals surface area contributed by atoms with Gasteiger partial charge in [-0.2, -0.15) is 0 Å². The molecular formula is C13H18N2O. The molecule has 2 rings (SSSR count). The van der Waals surface area contributed by atoms with Gasteiger partial charge in [-0.3, -0.25) is 0 Å². The summed E-state index contributed by atoms with van der Waals surface area (Å²) in [6, 6.07) is 8.37. The molecule has 0 aliphatic carbocycles. The second-order valence-corrected chi connectivity index (χ2v) is 4.00. The van der Waals surface area contributed by atoms with Crippen molar-refractivity contribution in [3.63, 3.8) is 0 Å². The number of fused-ring (bicyclic) bond motifs is 1. The summed E-state index contributed by atoms with van der Waals surface area (Å²) in [6.07, 6.45) is 1.01. The Morgan fingerprint density at radius 2 is 2.12 bits per heavy atom. The summed E-state index contributed by atoms with van der Waals surface area (Å²) < 4.78 is 7.53. The van der Waals surface area contributed by atoms with Crippen molar-refractivity contribution in [2.75, 3.05) is 13.7 Å². The predicted octanol–water partition coefficient (Wildman–Crippen LogP) is 2.31. The second-order valence-electron chi connectivity index (χ2n) is 4.00. The Hall–Kier alpha value is -1.48. The van der Waals surface area contributed by atoms with Crippen molar-refractivity contribution in [3.05, 3.63) is 30.0 Å². The summed E-state index contributed by atoms with van der Waals surface area (Å²) >= 11 is 0. The standard InChI is InChI=1S/C13H18N2O/c1-10-8-11-9-12(16-2)4-5-13(11)15(10)7-3-6-14/h4-5,8-9H,3,6-7,14H2,1-2H3. The van der Waals surface area contributed by atoms with Crippen molar-refractivity contribution in [1.82, 2.24) is 4.57 Å². The number of hydrogen-bond acceptors (Lipinski definition) is 2. The molecule has 2 N–H and O–H groups in total. The van der Waals surface area contributed by atoms with Gasteiger partial charge >= 0.3 is 0 Å². The van der Waals surface area contributed by atoms with E-state index in [1.54, 1.807) is 7.11 Å². The van der Waals surface area contributed by atoms with Crippen LogP contribution in [0.5, 0.6) is 5.75 Å². The smallest absolute Gasteiger partial charge is 0.119 e. The second kappa shape index (κ2) is 4.58. The molecule has 0 aliphatic heterocycles. The van der Waals surface area contributed by atoms with Crippen LogP contribution >= 0.6 is 0 Å². The number of nitrogens with zero attached hydrogens (tertiary/aromatic N) is 1. The van der Waals surface area contributed by atoms with Gasteiger partial charge in [-0.05, 0) is 44.2 Å². The number of benzene rings is 1. The maximum absolute atomic E-state index is 5.55. The minimum absolute atomic E-state index is 0.731. The van der Waals surface area contributed by atoms with Gasteiger partial charge in [0.15, 0.2) is 0 Å². The summed E-state index contributed by atoms with van der Waals surface area (Å²) in [5.74, 6) is 0.906. The molecule has 0 aliphatic rings. The molecule has 16 heavy (non-hydrogen) atoms. The summed E-state index contributed by atoms with van der Waals surface area (Å²) in [6.45, 7) is 3.84. The molecule has 0 spiro atoms. The molecule has 0 radical (unpaired) electrons. The highest BCUT2D eigenvalue weighted by Crippen LogP contribution is 2.24. The fraction of sp³-hybridized carbons (Fsp3) is 0.385. The number of aromatic nitrogens is 1. The van der Waals surface area contributed by atoms with Crippen LogP contribution in [0.1, 0.15) is 12.1 Å². The van der Waals surface area contributed by atoms with Crippen molar-refractivity contribution in [2.24, 2.45) is 5.73 Å². The van der Waals surface area contributed by atoms with Crippen LogP contribution in [0.15, 0.2) is 24.3 Å². The first-order valence-corrected chi connectivity index (χ1v) is 5.60. The molecule has 2 aromatic rings. The monoisotopic (exact) mass is 218 g/mol. The van der Waals surface area contributed by atoms with E-state index in [9.17, 15) is 0 Å². The maximum Gasteiger partial charge on any atom is 0.119 e. The first-order valence-electron chi connectivity index (χ1n) is 5.60. The molecule has 0 bridgehead atoms. The van der Waals surface area contributed by atoms with E-state index in [1.165, 1.54) is 16.6 Å². The number of methoxy groups -OCH3 is 1. The predicted molar refractivity (Wildman–Crippen MR) is 66.9 cm³/mol. The van der Waals surface area contributed by atoms with Crippen LogP contribution in [-0.2, 0) is 6.54 Å². The van der Waals surface area contributed by atoms with Gasteiger partial charge in [-0.1, -0.05) is 0 Å². The van der Waals surface area contributed by atoms with E-state index in [0.29, 0.717) is 0 Å². The van der Waals surface area contributed by atoms with Crippen LogP contribution in [0.25, 0.3) is 10.9 Å². The van der Waals surface area contributed by atoms with Crippen LogP contribution < -0.4 is 10.5 Å². The molecule has 0 unspecified atom stereocenters. The zero-order valence-electron chi connectivity index (χ0n) is 9.86. The minimum Gasteiger partial charge on any atom is -0.497 e. The molecule has 1 aromatic carbocycles. The molecule has 0 atom stereocenters. The van der Waals surface area contributed by atoms with Gasteiger partial charge in [-0.25, -0.2) is 0 Å². The SMILES string of the molecule is COc1ccc2c(c1)cc(C)n2CCCN. The number of nitrogens with two attached hydrogens (primary N) is 1. The number of aryl methyl sites for hydroxylation is 2. The zero-order chi connectivity index (χ0) is 11.5. The van der Waals surface area contributed by atoms with Gasteiger partial charge in [0, 0.05) is 23.1 Å². The Morgan fingerprint density at radius 1 is 1.31 bits per heavy atom. The average molecular weight is 218 g/mol. The van der Waals surface area contributed by atoms with E-state index in [4.69, 9.17) is 10.5 Å². The fourth-order valence-electron chi connectivity index (χ4n) is 2.06. The van der Waals surface area contributed by atoms with Gasteiger partial charge in [0.25, 0.3) is 0 Å². The zero-order valence-corrected chi connectivity index (χ0v) is 9.86. The lowest BCUT2D eigenvalue weighted by Crippen LogP contribution is -2.06. The summed E-state index contributed by atoms with van der Waals surface area (Å²) in [5.41, 5.74) is 8.08. The molecule has 3 nitrogen and oxygen atoms in total. The van der Waals surface area contributed by atoms with Crippen LogP contribution in [0.4, 0.5) is 0 Å². The van der Waals surface area contributed by atoms with E-state index in [1.807, 2.05) is 6.07 Å². The maximum atomic E-state index is 5.55. The summed E-state index contributed by atoms with van der Waals surface area (Å²) in [7, 11) is 1.69. The van der Waals surface area contributed by atoms with Crippen molar-refractivity contribution in [3.8, 4) is 5.75 Å². The van der Waals surface area contributed by atoms with Crippen LogP contribution in [-0.4, -0.2) is 18.2 Å². The van der Waals surface area contributed by atoms with Gasteiger partial charge in [-0.15, -0.1) is 0 Å². The highest BCUT2D eigenvalue weighted by atomic mass is 16.5. The minimum atomic E-state index is 0.731. The van der Waals surface area contributed by atoms with Gasteiger partial charge in [0.1, 0.15) is 5.75 Å². The van der Waals surface area contributed by atoms with Crippen LogP contribution in [0.3, 0.4) is 0 Å². The van der Waals surface area contributed by atoms with E-state index in [0.717, 1.165) is 25.3 Å². The molecule has 0 fully saturated rings. The van der Waals surface area contributed by atoms with Crippen molar-refractivity contribution in [1.29, 1.82) is 0 Å². The van der Waals surface area contributed by atoms with Gasteiger partial charge < -0.3 is 15.0 Å². The lowest BCUT2D eigenvalue weighted by Gasteiger charge is -2.07. The highest BCUT2D eigenvalue weighted by Gasteiger charge is 2.05. The summed E-state index contributed by atoms with van der Waals surface area (Å²) in [4.78, 5) is 0. The van der Waals surface area contributed by atoms with E-state index in [-0.39, 0.29) is 0 Å². The number of rotatable bonds is 4. The first kappa shape index (κ1) is 11.0. The normalized spacial score (nSPS) is 10.9. The first-order chi connectivity index (χ1) is 7.76. The summed E-state index contributed by atoms with van der Waals surface area (Å²) in [5, 5.41) is 1.23. The van der Waals surface area contributed by atoms with Crippen molar-refractivity contribution >= 4 is 10.9 Å². The van der Waals surface area contributed by atoms with Gasteiger partial charge in [0.05, 0.1) is 7.11 Å². The molecule has 86 valence electrons. The van der Waals surface area contributed by atoms with E-state index < -0.39 is 0 Å². The Bertz CT molecular complexity index is 488. The van der Waals surface area contributed by atoms with Crippen molar-refractivity contribution < 1.29 is 4.74 Å². The molecule has 1 heterocycles. The Kier molecular flexibility index (Phi) is 3.15. The third-order valence-electron chi connectivity index (χ3n) is 2.90. The fourth-order valence-corrected chi connectivity index (χ4v) is 2.06. The molecule has 3 heteroatoms. The largest absolute Gasteiger partial charge is 0.497 e. The molecule has 1 aromatic heterocycles. The topological polar surface area (TPSA) is 40.2 Å². The van der Waals surface area contributed by atoms with Crippen LogP contribution in [0, 0.1) is 6.92 Å². The molecule has 0 saturated carbocycles. The lowest BCUT2D eigenvalue weighted by atomic mass is 10.2. The Morgan fingerprint density at radius 3 is 2.81 bits per heavy atom. The molecular weight excluding hydrogens is 200 g/mol. The molecule has 0 amide bonds. The Labute approximate surface area is 95.8 Å². The van der Waals surface area contributed by atoms with E-state index >= 15 is 0 Å². The molecule has 0 saturated heterocycles. The average Bonchev–Trinajstić information content (AvgIpc) is 2.61. The quantitative estimate of drug-likeness (QED) is 0.855. The number of ether oxygens (including phenoxy) is 1. The third-order valence-corrected chi connectivity index (χ3v) is 2.90. The third kappa shape index (κ3) is 1.91.